The van der Waals surface area contributed by atoms with Crippen molar-refractivity contribution in [3.05, 3.63) is 69.8 Å². The number of carbonyl (C=O) groups is 2. The number of H-pyrrole nitrogens is 1. The first kappa shape index (κ1) is 17.0. The van der Waals surface area contributed by atoms with Gasteiger partial charge in [0.2, 0.25) is 5.91 Å². The molecule has 0 spiro atoms. The number of pyridine rings is 1. The minimum Gasteiger partial charge on any atom is -0.322 e. The highest BCUT2D eigenvalue weighted by Gasteiger charge is 2.23. The van der Waals surface area contributed by atoms with Crippen molar-refractivity contribution in [2.75, 3.05) is 16.8 Å². The summed E-state index contributed by atoms with van der Waals surface area (Å²) in [5.74, 6) is -1.10. The molecule has 0 aliphatic carbocycles. The number of hydrogen-bond acceptors (Lipinski definition) is 3. The van der Waals surface area contributed by atoms with Crippen LogP contribution in [0.3, 0.4) is 0 Å². The van der Waals surface area contributed by atoms with Gasteiger partial charge in [0, 0.05) is 24.8 Å². The summed E-state index contributed by atoms with van der Waals surface area (Å²) in [6.45, 7) is 2.11. The van der Waals surface area contributed by atoms with E-state index in [0.29, 0.717) is 23.1 Å². The number of halogens is 1. The van der Waals surface area contributed by atoms with E-state index in [1.807, 2.05) is 6.07 Å². The van der Waals surface area contributed by atoms with Crippen molar-refractivity contribution in [3.63, 3.8) is 0 Å². The van der Waals surface area contributed by atoms with E-state index < -0.39 is 17.3 Å². The summed E-state index contributed by atoms with van der Waals surface area (Å²) < 4.78 is 13.3. The Bertz CT molecular complexity index is 1150. The van der Waals surface area contributed by atoms with Gasteiger partial charge in [-0.15, -0.1) is 0 Å². The summed E-state index contributed by atoms with van der Waals surface area (Å²) in [6.07, 6.45) is 0.768. The zero-order valence-electron chi connectivity index (χ0n) is 14.5. The normalized spacial score (nSPS) is 12.9. The fourth-order valence-corrected chi connectivity index (χ4v) is 3.32. The molecule has 1 aliphatic heterocycles. The molecule has 136 valence electrons. The van der Waals surface area contributed by atoms with E-state index in [0.717, 1.165) is 17.7 Å². The van der Waals surface area contributed by atoms with Crippen LogP contribution in [0.2, 0.25) is 0 Å². The van der Waals surface area contributed by atoms with E-state index in [4.69, 9.17) is 0 Å². The summed E-state index contributed by atoms with van der Waals surface area (Å²) in [4.78, 5) is 40.7. The molecular formula is C20H16FN3O3. The lowest BCUT2D eigenvalue weighted by atomic mass is 10.1. The zero-order chi connectivity index (χ0) is 19.1. The fraction of sp³-hybridized carbons (Fsp3) is 0.150. The van der Waals surface area contributed by atoms with Crippen LogP contribution in [0.1, 0.15) is 22.8 Å². The highest BCUT2D eigenvalue weighted by Crippen LogP contribution is 2.31. The number of fused-ring (bicyclic) bond motifs is 2. The maximum absolute atomic E-state index is 13.3. The third-order valence-electron chi connectivity index (χ3n) is 4.67. The Hall–Kier alpha value is -3.48. The van der Waals surface area contributed by atoms with Gasteiger partial charge in [-0.05, 0) is 53.8 Å². The van der Waals surface area contributed by atoms with E-state index in [1.54, 1.807) is 17.0 Å². The molecule has 27 heavy (non-hydrogen) atoms. The fourth-order valence-electron chi connectivity index (χ4n) is 3.32. The van der Waals surface area contributed by atoms with Gasteiger partial charge in [-0.3, -0.25) is 14.4 Å². The summed E-state index contributed by atoms with van der Waals surface area (Å²) in [6, 6.07) is 10.7. The van der Waals surface area contributed by atoms with Crippen LogP contribution in [0, 0.1) is 5.82 Å². The molecule has 3 aromatic rings. The molecule has 0 fully saturated rings. The number of nitrogens with zero attached hydrogens (tertiary/aromatic N) is 1. The molecule has 0 radical (unpaired) electrons. The number of aromatic amines is 1. The van der Waals surface area contributed by atoms with Crippen molar-refractivity contribution in [2.24, 2.45) is 0 Å². The average molecular weight is 365 g/mol. The second kappa shape index (κ2) is 6.35. The molecule has 1 aromatic heterocycles. The third-order valence-corrected chi connectivity index (χ3v) is 4.67. The van der Waals surface area contributed by atoms with Gasteiger partial charge in [-0.25, -0.2) is 4.39 Å². The smallest absolute Gasteiger partial charge is 0.261 e. The highest BCUT2D eigenvalue weighted by atomic mass is 19.1. The van der Waals surface area contributed by atoms with E-state index in [-0.39, 0.29) is 11.5 Å². The minimum atomic E-state index is -0.600. The molecule has 0 unspecified atom stereocenters. The van der Waals surface area contributed by atoms with Gasteiger partial charge in [0.15, 0.2) is 0 Å². The van der Waals surface area contributed by atoms with Crippen LogP contribution in [-0.2, 0) is 11.2 Å². The SMILES string of the molecule is CC(=O)N1CCc2ccc(NC(=O)c3cc4ccc(F)cc4[nH]c3=O)cc21. The largest absolute Gasteiger partial charge is 0.322 e. The second-order valence-corrected chi connectivity index (χ2v) is 6.46. The molecule has 7 heteroatoms. The Morgan fingerprint density at radius 1 is 1.15 bits per heavy atom. The lowest BCUT2D eigenvalue weighted by molar-refractivity contribution is -0.116. The number of hydrogen-bond donors (Lipinski definition) is 2. The Labute approximate surface area is 153 Å². The standard InChI is InChI=1S/C20H16FN3O3/c1-11(25)24-7-6-12-3-5-15(10-18(12)24)22-19(26)16-8-13-2-4-14(21)9-17(13)23-20(16)27/h2-5,8-10H,6-7H2,1H3,(H,22,26)(H,23,27). The molecule has 0 bridgehead atoms. The van der Waals surface area contributed by atoms with E-state index in [1.165, 1.54) is 31.2 Å². The number of rotatable bonds is 2. The first-order valence-electron chi connectivity index (χ1n) is 8.47. The molecule has 0 saturated carbocycles. The molecule has 6 nitrogen and oxygen atoms in total. The van der Waals surface area contributed by atoms with Gasteiger partial charge in [-0.1, -0.05) is 6.07 Å². The molecule has 2 aromatic carbocycles. The van der Waals surface area contributed by atoms with Crippen molar-refractivity contribution in [2.45, 2.75) is 13.3 Å². The first-order chi connectivity index (χ1) is 12.9. The Balaban J connectivity index is 1.65. The summed E-state index contributed by atoms with van der Waals surface area (Å²) in [5, 5.41) is 3.25. The van der Waals surface area contributed by atoms with Gasteiger partial charge in [0.05, 0.1) is 5.52 Å². The van der Waals surface area contributed by atoms with Gasteiger partial charge < -0.3 is 15.2 Å². The van der Waals surface area contributed by atoms with Gasteiger partial charge in [0.25, 0.3) is 11.5 Å². The molecule has 0 atom stereocenters. The zero-order valence-corrected chi connectivity index (χ0v) is 14.5. The van der Waals surface area contributed by atoms with Gasteiger partial charge >= 0.3 is 0 Å². The topological polar surface area (TPSA) is 82.3 Å². The average Bonchev–Trinajstić information content (AvgIpc) is 3.04. The van der Waals surface area contributed by atoms with Crippen molar-refractivity contribution in [1.82, 2.24) is 4.98 Å². The maximum atomic E-state index is 13.3. The van der Waals surface area contributed by atoms with Crippen LogP contribution in [0.25, 0.3) is 10.9 Å². The van der Waals surface area contributed by atoms with Crippen LogP contribution in [0.5, 0.6) is 0 Å². The molecule has 2 heterocycles. The summed E-state index contributed by atoms with van der Waals surface area (Å²) >= 11 is 0. The van der Waals surface area contributed by atoms with Crippen molar-refractivity contribution >= 4 is 34.1 Å². The van der Waals surface area contributed by atoms with E-state index in [2.05, 4.69) is 10.3 Å². The van der Waals surface area contributed by atoms with Crippen molar-refractivity contribution in [3.8, 4) is 0 Å². The van der Waals surface area contributed by atoms with E-state index in [9.17, 15) is 18.8 Å². The number of benzene rings is 2. The number of aromatic nitrogens is 1. The molecule has 4 rings (SSSR count). The Morgan fingerprint density at radius 3 is 2.74 bits per heavy atom. The quantitative estimate of drug-likeness (QED) is 0.733. The van der Waals surface area contributed by atoms with Gasteiger partial charge in [-0.2, -0.15) is 0 Å². The number of nitrogens with one attached hydrogen (secondary N) is 2. The van der Waals surface area contributed by atoms with Crippen LogP contribution >= 0.6 is 0 Å². The van der Waals surface area contributed by atoms with Crippen LogP contribution in [0.15, 0.2) is 47.3 Å². The lowest BCUT2D eigenvalue weighted by Gasteiger charge is -2.15. The Kier molecular flexibility index (Phi) is 3.99. The van der Waals surface area contributed by atoms with Gasteiger partial charge in [0.1, 0.15) is 11.4 Å². The molecule has 1 aliphatic rings. The first-order valence-corrected chi connectivity index (χ1v) is 8.47. The van der Waals surface area contributed by atoms with Crippen molar-refractivity contribution in [1.29, 1.82) is 0 Å². The highest BCUT2D eigenvalue weighted by molar-refractivity contribution is 6.06. The predicted molar refractivity (Wildman–Crippen MR) is 101 cm³/mol. The summed E-state index contributed by atoms with van der Waals surface area (Å²) in [5.41, 5.74) is 1.95. The van der Waals surface area contributed by atoms with Crippen molar-refractivity contribution < 1.29 is 14.0 Å². The number of amides is 2. The van der Waals surface area contributed by atoms with Crippen LogP contribution in [-0.4, -0.2) is 23.3 Å². The molecule has 0 saturated heterocycles. The monoisotopic (exact) mass is 365 g/mol. The van der Waals surface area contributed by atoms with E-state index >= 15 is 0 Å². The lowest BCUT2D eigenvalue weighted by Crippen LogP contribution is -2.26. The van der Waals surface area contributed by atoms with Crippen LogP contribution in [0.4, 0.5) is 15.8 Å². The van der Waals surface area contributed by atoms with Crippen LogP contribution < -0.4 is 15.8 Å². The molecule has 2 N–H and O–H groups in total. The maximum Gasteiger partial charge on any atom is 0.261 e. The molecular weight excluding hydrogens is 349 g/mol. The second-order valence-electron chi connectivity index (χ2n) is 6.46. The predicted octanol–water partition coefficient (Wildman–Crippen LogP) is 2.83. The minimum absolute atomic E-state index is 0.0598. The third kappa shape index (κ3) is 3.08. The Morgan fingerprint density at radius 2 is 1.96 bits per heavy atom. The number of carbonyl (C=O) groups excluding carboxylic acids is 2. The molecule has 2 amide bonds. The number of anilines is 2. The summed E-state index contributed by atoms with van der Waals surface area (Å²) in [7, 11) is 0.